The third kappa shape index (κ3) is 3.77. The van der Waals surface area contributed by atoms with E-state index in [1.165, 1.54) is 17.3 Å². The number of rotatable bonds is 4. The number of aliphatic imine (C=N–C) groups is 2. The molecule has 0 spiro atoms. The molecule has 0 saturated carbocycles. The first-order valence-electron chi connectivity index (χ1n) is 7.30. The Morgan fingerprint density at radius 1 is 1.09 bits per heavy atom. The summed E-state index contributed by atoms with van der Waals surface area (Å²) in [5.41, 5.74) is 12.1. The van der Waals surface area contributed by atoms with E-state index in [0.717, 1.165) is 21.3 Å². The number of hydrogen-bond donors (Lipinski definition) is 1. The zero-order chi connectivity index (χ0) is 17.0. The zero-order valence-corrected chi connectivity index (χ0v) is 15.2. The molecule has 0 bridgehead atoms. The second-order valence-electron chi connectivity index (χ2n) is 5.26. The van der Waals surface area contributed by atoms with E-state index < -0.39 is 0 Å². The van der Waals surface area contributed by atoms with Gasteiger partial charge in [-0.3, -0.25) is 4.99 Å². The van der Waals surface area contributed by atoms with Gasteiger partial charge in [-0.1, -0.05) is 46.8 Å². The Hall–Kier alpha value is -2.20. The lowest BCUT2D eigenvalue weighted by Crippen LogP contribution is -2.20. The smallest absolute Gasteiger partial charge is 0.145 e. The number of nitrogens with two attached hydrogens (primary N) is 1. The van der Waals surface area contributed by atoms with Gasteiger partial charge in [-0.15, -0.1) is 0 Å². The van der Waals surface area contributed by atoms with Crippen LogP contribution >= 0.6 is 15.9 Å². The predicted octanol–water partition coefficient (Wildman–Crippen LogP) is 5.33. The molecule has 2 N–H and O–H groups in total. The van der Waals surface area contributed by atoms with Crippen molar-refractivity contribution < 1.29 is 0 Å². The molecule has 0 amide bonds. The van der Waals surface area contributed by atoms with Crippen LogP contribution in [0.4, 0.5) is 5.69 Å². The number of halogens is 1. The molecule has 0 heterocycles. The maximum atomic E-state index is 6.01. The van der Waals surface area contributed by atoms with Gasteiger partial charge in [0, 0.05) is 10.7 Å². The molecule has 2 aromatic carbocycles. The molecule has 0 fully saturated rings. The van der Waals surface area contributed by atoms with Crippen LogP contribution in [0.1, 0.15) is 18.1 Å². The molecule has 0 saturated heterocycles. The molecule has 118 valence electrons. The van der Waals surface area contributed by atoms with E-state index >= 15 is 0 Å². The minimum absolute atomic E-state index is 0.399. The van der Waals surface area contributed by atoms with Crippen LogP contribution in [0.2, 0.25) is 0 Å². The Bertz CT molecular complexity index is 804. The van der Waals surface area contributed by atoms with Gasteiger partial charge in [-0.2, -0.15) is 0 Å². The average Bonchev–Trinajstić information content (AvgIpc) is 2.52. The van der Waals surface area contributed by atoms with Crippen LogP contribution in [0.25, 0.3) is 11.1 Å². The maximum Gasteiger partial charge on any atom is 0.145 e. The lowest BCUT2D eigenvalue weighted by atomic mass is 9.96. The van der Waals surface area contributed by atoms with E-state index in [1.54, 1.807) is 0 Å². The van der Waals surface area contributed by atoms with E-state index in [0.29, 0.717) is 11.5 Å². The van der Waals surface area contributed by atoms with Gasteiger partial charge in [-0.25, -0.2) is 4.99 Å². The normalized spacial score (nSPS) is 12.3. The highest BCUT2D eigenvalue weighted by Gasteiger charge is 2.10. The van der Waals surface area contributed by atoms with Crippen molar-refractivity contribution >= 4 is 33.2 Å². The van der Waals surface area contributed by atoms with Crippen LogP contribution in [0.5, 0.6) is 0 Å². The van der Waals surface area contributed by atoms with Crippen LogP contribution in [-0.2, 0) is 0 Å². The molecular weight excluding hydrogens is 350 g/mol. The quantitative estimate of drug-likeness (QED) is 0.574. The molecule has 2 rings (SSSR count). The fraction of sp³-hybridized carbons (Fsp3) is 0.158. The van der Waals surface area contributed by atoms with E-state index in [9.17, 15) is 0 Å². The molecule has 0 aliphatic rings. The van der Waals surface area contributed by atoms with Gasteiger partial charge in [0.05, 0.1) is 11.4 Å². The first kappa shape index (κ1) is 17.2. The van der Waals surface area contributed by atoms with Gasteiger partial charge in [-0.05, 0) is 55.2 Å². The summed E-state index contributed by atoms with van der Waals surface area (Å²) in [5, 5.41) is 0. The molecule has 4 heteroatoms. The van der Waals surface area contributed by atoms with Gasteiger partial charge >= 0.3 is 0 Å². The molecule has 0 aliphatic carbocycles. The van der Waals surface area contributed by atoms with Crippen LogP contribution in [0.15, 0.2) is 63.6 Å². The number of hydrogen-bond acceptors (Lipinski definition) is 2. The number of benzene rings is 2. The zero-order valence-electron chi connectivity index (χ0n) is 13.6. The summed E-state index contributed by atoms with van der Waals surface area (Å²) >= 11 is 3.59. The van der Waals surface area contributed by atoms with Gasteiger partial charge in [0.25, 0.3) is 0 Å². The van der Waals surface area contributed by atoms with E-state index in [-0.39, 0.29) is 0 Å². The standard InChI is InChI=1S/C19H20BrN3/c1-5-22-14(4)19(21)23-18-11-7-9-16(13(18)3)15-8-6-10-17(20)12(15)2/h5-11H,1H2,2-4H3,(H2,21,23). The van der Waals surface area contributed by atoms with Crippen LogP contribution < -0.4 is 5.73 Å². The summed E-state index contributed by atoms with van der Waals surface area (Å²) in [4.78, 5) is 8.59. The summed E-state index contributed by atoms with van der Waals surface area (Å²) in [5.74, 6) is 0.399. The molecule has 0 radical (unpaired) electrons. The van der Waals surface area contributed by atoms with Crippen molar-refractivity contribution in [3.63, 3.8) is 0 Å². The second kappa shape index (κ2) is 7.38. The molecule has 3 nitrogen and oxygen atoms in total. The summed E-state index contributed by atoms with van der Waals surface area (Å²) < 4.78 is 1.09. The van der Waals surface area contributed by atoms with Crippen LogP contribution in [0, 0.1) is 13.8 Å². The Balaban J connectivity index is 2.55. The SMILES string of the molecule is C=CN=C(C)C(N)=Nc1cccc(-c2cccc(Br)c2C)c1C. The van der Waals surface area contributed by atoms with E-state index in [2.05, 4.69) is 58.5 Å². The maximum absolute atomic E-state index is 6.01. The highest BCUT2D eigenvalue weighted by molar-refractivity contribution is 9.10. The van der Waals surface area contributed by atoms with Crippen molar-refractivity contribution in [1.29, 1.82) is 0 Å². The summed E-state index contributed by atoms with van der Waals surface area (Å²) in [6.45, 7) is 9.55. The third-order valence-electron chi connectivity index (χ3n) is 3.76. The molecule has 23 heavy (non-hydrogen) atoms. The Morgan fingerprint density at radius 2 is 1.70 bits per heavy atom. The lowest BCUT2D eigenvalue weighted by Gasteiger charge is -2.13. The lowest BCUT2D eigenvalue weighted by molar-refractivity contribution is 1.36. The second-order valence-corrected chi connectivity index (χ2v) is 6.11. The molecular formula is C19H20BrN3. The molecule has 0 aromatic heterocycles. The van der Waals surface area contributed by atoms with Crippen molar-refractivity contribution in [3.8, 4) is 11.1 Å². The van der Waals surface area contributed by atoms with Crippen LogP contribution in [0.3, 0.4) is 0 Å². The fourth-order valence-corrected chi connectivity index (χ4v) is 2.72. The van der Waals surface area contributed by atoms with Gasteiger partial charge in [0.15, 0.2) is 0 Å². The number of nitrogens with zero attached hydrogens (tertiary/aromatic N) is 2. The highest BCUT2D eigenvalue weighted by Crippen LogP contribution is 2.34. The van der Waals surface area contributed by atoms with Crippen molar-refractivity contribution in [2.24, 2.45) is 15.7 Å². The Labute approximate surface area is 145 Å². The Kier molecular flexibility index (Phi) is 5.50. The van der Waals surface area contributed by atoms with Crippen molar-refractivity contribution in [2.75, 3.05) is 0 Å². The highest BCUT2D eigenvalue weighted by atomic mass is 79.9. The third-order valence-corrected chi connectivity index (χ3v) is 4.62. The summed E-state index contributed by atoms with van der Waals surface area (Å²) in [7, 11) is 0. The largest absolute Gasteiger partial charge is 0.382 e. The average molecular weight is 370 g/mol. The molecule has 0 unspecified atom stereocenters. The minimum Gasteiger partial charge on any atom is -0.382 e. The van der Waals surface area contributed by atoms with E-state index in [1.807, 2.05) is 31.2 Å². The summed E-state index contributed by atoms with van der Waals surface area (Å²) in [6, 6.07) is 12.3. The van der Waals surface area contributed by atoms with Gasteiger partial charge in [0.2, 0.25) is 0 Å². The van der Waals surface area contributed by atoms with Gasteiger partial charge in [0.1, 0.15) is 5.84 Å². The van der Waals surface area contributed by atoms with Crippen molar-refractivity contribution in [2.45, 2.75) is 20.8 Å². The van der Waals surface area contributed by atoms with Crippen molar-refractivity contribution in [1.82, 2.24) is 0 Å². The first-order valence-corrected chi connectivity index (χ1v) is 8.10. The Morgan fingerprint density at radius 3 is 2.35 bits per heavy atom. The molecule has 0 atom stereocenters. The summed E-state index contributed by atoms with van der Waals surface area (Å²) in [6.07, 6.45) is 1.46. The topological polar surface area (TPSA) is 50.7 Å². The van der Waals surface area contributed by atoms with Crippen molar-refractivity contribution in [3.05, 3.63) is 64.8 Å². The monoisotopic (exact) mass is 369 g/mol. The number of amidine groups is 1. The predicted molar refractivity (Wildman–Crippen MR) is 104 cm³/mol. The molecule has 2 aromatic rings. The molecule has 0 aliphatic heterocycles. The van der Waals surface area contributed by atoms with Crippen LogP contribution in [-0.4, -0.2) is 11.5 Å². The first-order chi connectivity index (χ1) is 11.0. The van der Waals surface area contributed by atoms with E-state index in [4.69, 9.17) is 5.73 Å². The minimum atomic E-state index is 0.399. The fourth-order valence-electron chi connectivity index (χ4n) is 2.35. The van der Waals surface area contributed by atoms with Gasteiger partial charge < -0.3 is 5.73 Å².